The smallest absolute Gasteiger partial charge is 0.0942 e. The Labute approximate surface area is 125 Å². The van der Waals surface area contributed by atoms with Crippen LogP contribution in [-0.2, 0) is 13.5 Å². The molecule has 1 aromatic heterocycles. The van der Waals surface area contributed by atoms with E-state index in [1.165, 1.54) is 11.1 Å². The maximum Gasteiger partial charge on any atom is 0.0942 e. The van der Waals surface area contributed by atoms with Crippen LogP contribution in [0.15, 0.2) is 35.4 Å². The molecule has 0 saturated heterocycles. The first kappa shape index (κ1) is 15.1. The van der Waals surface area contributed by atoms with Gasteiger partial charge in [0.15, 0.2) is 0 Å². The Morgan fingerprint density at radius 3 is 2.45 bits per heavy atom. The lowest BCUT2D eigenvalue weighted by atomic mass is 10.0. The summed E-state index contributed by atoms with van der Waals surface area (Å²) in [4.78, 5) is 0. The van der Waals surface area contributed by atoms with Crippen molar-refractivity contribution in [3.8, 4) is 0 Å². The molecule has 2 rings (SSSR count). The number of aromatic nitrogens is 2. The highest BCUT2D eigenvalue weighted by atomic mass is 32.2. The summed E-state index contributed by atoms with van der Waals surface area (Å²) in [5.74, 6) is 0. The van der Waals surface area contributed by atoms with Crippen LogP contribution in [-0.4, -0.2) is 15.0 Å². The van der Waals surface area contributed by atoms with E-state index in [2.05, 4.69) is 49.3 Å². The first-order valence-corrected chi connectivity index (χ1v) is 7.91. The first-order chi connectivity index (χ1) is 9.51. The molecule has 1 aromatic carbocycles. The third-order valence-corrected chi connectivity index (χ3v) is 4.83. The molecule has 0 aliphatic rings. The van der Waals surface area contributed by atoms with Crippen molar-refractivity contribution in [1.29, 1.82) is 0 Å². The Morgan fingerprint density at radius 2 is 1.95 bits per heavy atom. The monoisotopic (exact) mass is 289 g/mol. The van der Waals surface area contributed by atoms with Gasteiger partial charge in [-0.1, -0.05) is 38.1 Å². The quantitative estimate of drug-likeness (QED) is 0.857. The molecule has 2 atom stereocenters. The van der Waals surface area contributed by atoms with Gasteiger partial charge in [-0.25, -0.2) is 0 Å². The molecule has 3 nitrogen and oxygen atoms in total. The van der Waals surface area contributed by atoms with Crippen molar-refractivity contribution in [3.63, 3.8) is 0 Å². The van der Waals surface area contributed by atoms with E-state index < -0.39 is 0 Å². The van der Waals surface area contributed by atoms with Crippen LogP contribution in [0.1, 0.15) is 36.7 Å². The van der Waals surface area contributed by atoms with Crippen LogP contribution >= 0.6 is 11.8 Å². The Hall–Kier alpha value is -1.26. The Bertz CT molecular complexity index is 560. The van der Waals surface area contributed by atoms with Crippen molar-refractivity contribution in [1.82, 2.24) is 9.78 Å². The van der Waals surface area contributed by atoms with E-state index in [9.17, 15) is 0 Å². The van der Waals surface area contributed by atoms with Crippen LogP contribution in [0.5, 0.6) is 0 Å². The Morgan fingerprint density at radius 1 is 1.30 bits per heavy atom. The van der Waals surface area contributed by atoms with E-state index >= 15 is 0 Å². The van der Waals surface area contributed by atoms with Crippen molar-refractivity contribution >= 4 is 11.8 Å². The molecule has 0 bridgehead atoms. The topological polar surface area (TPSA) is 43.8 Å². The maximum absolute atomic E-state index is 6.38. The highest BCUT2D eigenvalue weighted by Gasteiger charge is 2.18. The van der Waals surface area contributed by atoms with Gasteiger partial charge in [-0.05, 0) is 30.5 Å². The zero-order valence-electron chi connectivity index (χ0n) is 12.6. The summed E-state index contributed by atoms with van der Waals surface area (Å²) in [5.41, 5.74) is 9.97. The molecule has 20 heavy (non-hydrogen) atoms. The number of hydrogen-bond donors (Lipinski definition) is 1. The zero-order valence-corrected chi connectivity index (χ0v) is 13.4. The SMILES string of the molecule is CCc1ccc(C(N)C(C)Sc2cc(C)nn2C)cc1. The number of aryl methyl sites for hydroxylation is 3. The molecule has 2 N–H and O–H groups in total. The average molecular weight is 289 g/mol. The van der Waals surface area contributed by atoms with Crippen molar-refractivity contribution < 1.29 is 0 Å². The summed E-state index contributed by atoms with van der Waals surface area (Å²) >= 11 is 1.78. The molecule has 0 fully saturated rings. The van der Waals surface area contributed by atoms with Gasteiger partial charge in [0.1, 0.15) is 0 Å². The van der Waals surface area contributed by atoms with E-state index in [4.69, 9.17) is 5.73 Å². The predicted molar refractivity (Wildman–Crippen MR) is 86.0 cm³/mol. The van der Waals surface area contributed by atoms with E-state index in [1.807, 2.05) is 18.7 Å². The van der Waals surface area contributed by atoms with Gasteiger partial charge in [-0.2, -0.15) is 5.10 Å². The average Bonchev–Trinajstić information content (AvgIpc) is 2.76. The number of thioether (sulfide) groups is 1. The molecule has 0 aliphatic carbocycles. The van der Waals surface area contributed by atoms with Crippen LogP contribution in [0.2, 0.25) is 0 Å². The summed E-state index contributed by atoms with van der Waals surface area (Å²) in [7, 11) is 1.98. The van der Waals surface area contributed by atoms with Gasteiger partial charge in [0.25, 0.3) is 0 Å². The minimum Gasteiger partial charge on any atom is -0.323 e. The van der Waals surface area contributed by atoms with Gasteiger partial charge in [-0.15, -0.1) is 11.8 Å². The van der Waals surface area contributed by atoms with E-state index in [1.54, 1.807) is 11.8 Å². The first-order valence-electron chi connectivity index (χ1n) is 7.03. The number of rotatable bonds is 5. The Balaban J connectivity index is 2.07. The molecule has 4 heteroatoms. The van der Waals surface area contributed by atoms with Gasteiger partial charge in [0, 0.05) is 18.3 Å². The minimum atomic E-state index is 0.0288. The largest absolute Gasteiger partial charge is 0.323 e. The molecular formula is C16H23N3S. The van der Waals surface area contributed by atoms with Gasteiger partial charge in [0.2, 0.25) is 0 Å². The standard InChI is InChI=1S/C16H23N3S/c1-5-13-6-8-14(9-7-13)16(17)12(3)20-15-10-11(2)18-19(15)4/h6-10,12,16H,5,17H2,1-4H3. The van der Waals surface area contributed by atoms with Gasteiger partial charge < -0.3 is 5.73 Å². The second kappa shape index (κ2) is 6.46. The van der Waals surface area contributed by atoms with E-state index in [0.717, 1.165) is 17.1 Å². The second-order valence-electron chi connectivity index (χ2n) is 5.19. The van der Waals surface area contributed by atoms with Crippen LogP contribution in [0.4, 0.5) is 0 Å². The van der Waals surface area contributed by atoms with Crippen LogP contribution < -0.4 is 5.73 Å². The fourth-order valence-electron chi connectivity index (χ4n) is 2.21. The predicted octanol–water partition coefficient (Wildman–Crippen LogP) is 3.47. The minimum absolute atomic E-state index is 0.0288. The highest BCUT2D eigenvalue weighted by Crippen LogP contribution is 2.30. The van der Waals surface area contributed by atoms with Gasteiger partial charge in [-0.3, -0.25) is 4.68 Å². The lowest BCUT2D eigenvalue weighted by Crippen LogP contribution is -2.21. The number of hydrogen-bond acceptors (Lipinski definition) is 3. The van der Waals surface area contributed by atoms with Gasteiger partial charge in [0.05, 0.1) is 10.7 Å². The molecule has 0 spiro atoms. The van der Waals surface area contributed by atoms with Crippen LogP contribution in [0.25, 0.3) is 0 Å². The molecule has 0 amide bonds. The summed E-state index contributed by atoms with van der Waals surface area (Å²) < 4.78 is 1.92. The van der Waals surface area contributed by atoms with Gasteiger partial charge >= 0.3 is 0 Å². The molecule has 0 aliphatic heterocycles. The maximum atomic E-state index is 6.38. The number of nitrogens with zero attached hydrogens (tertiary/aromatic N) is 2. The third kappa shape index (κ3) is 3.44. The normalized spacial score (nSPS) is 14.2. The lowest BCUT2D eigenvalue weighted by molar-refractivity contribution is 0.678. The highest BCUT2D eigenvalue weighted by molar-refractivity contribution is 7.99. The summed E-state index contributed by atoms with van der Waals surface area (Å²) in [6.45, 7) is 6.35. The fraction of sp³-hybridized carbons (Fsp3) is 0.438. The second-order valence-corrected chi connectivity index (χ2v) is 6.59. The van der Waals surface area contributed by atoms with Crippen LogP contribution in [0, 0.1) is 6.92 Å². The lowest BCUT2D eigenvalue weighted by Gasteiger charge is -2.20. The molecular weight excluding hydrogens is 266 g/mol. The summed E-state index contributed by atoms with van der Waals surface area (Å²) in [6.07, 6.45) is 1.06. The zero-order chi connectivity index (χ0) is 14.7. The van der Waals surface area contributed by atoms with Crippen molar-refractivity contribution in [2.75, 3.05) is 0 Å². The van der Waals surface area contributed by atoms with E-state index in [0.29, 0.717) is 5.25 Å². The third-order valence-electron chi connectivity index (χ3n) is 3.54. The molecule has 0 saturated carbocycles. The van der Waals surface area contributed by atoms with E-state index in [-0.39, 0.29) is 6.04 Å². The molecule has 2 aromatic rings. The Kier molecular flexibility index (Phi) is 4.89. The summed E-state index contributed by atoms with van der Waals surface area (Å²) in [5, 5.41) is 5.84. The molecule has 0 radical (unpaired) electrons. The summed E-state index contributed by atoms with van der Waals surface area (Å²) in [6, 6.07) is 10.8. The number of benzene rings is 1. The fourth-order valence-corrected chi connectivity index (χ4v) is 3.32. The van der Waals surface area contributed by atoms with Crippen molar-refractivity contribution in [3.05, 3.63) is 47.2 Å². The van der Waals surface area contributed by atoms with Crippen LogP contribution in [0.3, 0.4) is 0 Å². The molecule has 1 heterocycles. The van der Waals surface area contributed by atoms with Crippen molar-refractivity contribution in [2.45, 2.75) is 43.5 Å². The number of nitrogens with two attached hydrogens (primary N) is 1. The molecule has 108 valence electrons. The van der Waals surface area contributed by atoms with Crippen molar-refractivity contribution in [2.24, 2.45) is 12.8 Å². The molecule has 2 unspecified atom stereocenters.